The van der Waals surface area contributed by atoms with Gasteiger partial charge in [0.2, 0.25) is 0 Å². The number of hydrogen-bond donors (Lipinski definition) is 1. The second-order valence-electron chi connectivity index (χ2n) is 6.84. The molecule has 0 amide bonds. The van der Waals surface area contributed by atoms with Crippen molar-refractivity contribution >= 4 is 17.3 Å². The molecule has 1 unspecified atom stereocenters. The largest absolute Gasteiger partial charge is 0.481 e. The summed E-state index contributed by atoms with van der Waals surface area (Å²) in [5.74, 6) is -0.670. The van der Waals surface area contributed by atoms with Crippen LogP contribution >= 0.6 is 11.3 Å². The smallest absolute Gasteiger partial charge is 0.310 e. The summed E-state index contributed by atoms with van der Waals surface area (Å²) in [5, 5.41) is 9.24. The lowest BCUT2D eigenvalue weighted by Gasteiger charge is -2.19. The van der Waals surface area contributed by atoms with Gasteiger partial charge < -0.3 is 5.11 Å². The summed E-state index contributed by atoms with van der Waals surface area (Å²) in [6.45, 7) is 10.9. The first-order chi connectivity index (χ1) is 8.71. The minimum absolute atomic E-state index is 0.198. The predicted octanol–water partition coefficient (Wildman–Crippen LogP) is 3.34. The molecule has 1 saturated heterocycles. The van der Waals surface area contributed by atoms with E-state index in [1.807, 2.05) is 18.3 Å². The molecule has 0 radical (unpaired) electrons. The van der Waals surface area contributed by atoms with Gasteiger partial charge in [0.25, 0.3) is 0 Å². The Morgan fingerprint density at radius 1 is 1.47 bits per heavy atom. The Labute approximate surface area is 119 Å². The Hall–Kier alpha value is -0.870. The molecule has 1 N–H and O–H groups in total. The van der Waals surface area contributed by atoms with E-state index in [1.165, 1.54) is 9.75 Å². The SMILES string of the molecule is CC1(C(=O)O)CCN(Cc2ccc(C(C)(C)C)s2)C1. The molecule has 0 aliphatic carbocycles. The molecule has 0 bridgehead atoms. The van der Waals surface area contributed by atoms with Crippen molar-refractivity contribution in [3.05, 3.63) is 21.9 Å². The van der Waals surface area contributed by atoms with Crippen LogP contribution in [0.15, 0.2) is 12.1 Å². The number of carboxylic acid groups (broad SMARTS) is 1. The van der Waals surface area contributed by atoms with Gasteiger partial charge >= 0.3 is 5.97 Å². The minimum atomic E-state index is -0.670. The van der Waals surface area contributed by atoms with Crippen LogP contribution in [0.5, 0.6) is 0 Å². The van der Waals surface area contributed by atoms with Crippen LogP contribution in [0.3, 0.4) is 0 Å². The number of aliphatic carboxylic acids is 1. The molecule has 1 aromatic heterocycles. The van der Waals surface area contributed by atoms with E-state index in [0.717, 1.165) is 19.5 Å². The molecule has 1 atom stereocenters. The normalized spacial score (nSPS) is 24.8. The Morgan fingerprint density at radius 2 is 2.16 bits per heavy atom. The van der Waals surface area contributed by atoms with Gasteiger partial charge in [0.1, 0.15) is 0 Å². The van der Waals surface area contributed by atoms with E-state index in [1.54, 1.807) is 0 Å². The second-order valence-corrected chi connectivity index (χ2v) is 8.01. The monoisotopic (exact) mass is 281 g/mol. The highest BCUT2D eigenvalue weighted by molar-refractivity contribution is 7.12. The van der Waals surface area contributed by atoms with Crippen LogP contribution < -0.4 is 0 Å². The summed E-state index contributed by atoms with van der Waals surface area (Å²) in [4.78, 5) is 16.2. The van der Waals surface area contributed by atoms with Gasteiger partial charge in [-0.15, -0.1) is 11.3 Å². The summed E-state index contributed by atoms with van der Waals surface area (Å²) in [6.07, 6.45) is 0.750. The molecule has 0 saturated carbocycles. The van der Waals surface area contributed by atoms with Crippen LogP contribution in [-0.2, 0) is 16.8 Å². The first-order valence-corrected chi connectivity index (χ1v) is 7.57. The standard InChI is InChI=1S/C15H23NO2S/c1-14(2,3)12-6-5-11(19-12)9-16-8-7-15(4,10-16)13(17)18/h5-6H,7-10H2,1-4H3,(H,17,18). The molecule has 1 aromatic rings. The van der Waals surface area contributed by atoms with Gasteiger partial charge in [-0.2, -0.15) is 0 Å². The van der Waals surface area contributed by atoms with Gasteiger partial charge in [0.15, 0.2) is 0 Å². The molecule has 0 spiro atoms. The molecule has 19 heavy (non-hydrogen) atoms. The second kappa shape index (κ2) is 4.91. The summed E-state index contributed by atoms with van der Waals surface area (Å²) in [6, 6.07) is 4.38. The maximum atomic E-state index is 11.2. The topological polar surface area (TPSA) is 40.5 Å². The fraction of sp³-hybridized carbons (Fsp3) is 0.667. The molecule has 1 fully saturated rings. The zero-order valence-electron chi connectivity index (χ0n) is 12.2. The maximum absolute atomic E-state index is 11.2. The highest BCUT2D eigenvalue weighted by atomic mass is 32.1. The van der Waals surface area contributed by atoms with Crippen LogP contribution in [0.4, 0.5) is 0 Å². The van der Waals surface area contributed by atoms with Crippen LogP contribution in [0.2, 0.25) is 0 Å². The van der Waals surface area contributed by atoms with Crippen LogP contribution in [-0.4, -0.2) is 29.1 Å². The minimum Gasteiger partial charge on any atom is -0.481 e. The van der Waals surface area contributed by atoms with Crippen molar-refractivity contribution in [2.45, 2.75) is 46.1 Å². The molecule has 2 heterocycles. The van der Waals surface area contributed by atoms with Crippen LogP contribution in [0.1, 0.15) is 43.9 Å². The van der Waals surface area contributed by atoms with Gasteiger partial charge in [-0.1, -0.05) is 20.8 Å². The highest BCUT2D eigenvalue weighted by Gasteiger charge is 2.40. The van der Waals surface area contributed by atoms with E-state index in [-0.39, 0.29) is 5.41 Å². The number of hydrogen-bond acceptors (Lipinski definition) is 3. The maximum Gasteiger partial charge on any atom is 0.310 e. The lowest BCUT2D eigenvalue weighted by atomic mass is 9.90. The van der Waals surface area contributed by atoms with Gasteiger partial charge in [-0.05, 0) is 37.4 Å². The Kier molecular flexibility index (Phi) is 3.76. The fourth-order valence-corrected chi connectivity index (χ4v) is 3.56. The van der Waals surface area contributed by atoms with Crippen molar-refractivity contribution in [3.63, 3.8) is 0 Å². The number of carboxylic acids is 1. The number of likely N-dealkylation sites (tertiary alicyclic amines) is 1. The Morgan fingerprint density at radius 3 is 2.63 bits per heavy atom. The Balaban J connectivity index is 2.00. The molecule has 1 aliphatic heterocycles. The van der Waals surface area contributed by atoms with E-state index in [0.29, 0.717) is 6.54 Å². The number of rotatable bonds is 3. The Bertz CT molecular complexity index is 475. The molecular weight excluding hydrogens is 258 g/mol. The molecule has 2 rings (SSSR count). The van der Waals surface area contributed by atoms with Gasteiger partial charge in [0, 0.05) is 22.8 Å². The zero-order valence-corrected chi connectivity index (χ0v) is 13.0. The van der Waals surface area contributed by atoms with Crippen LogP contribution in [0, 0.1) is 5.41 Å². The van der Waals surface area contributed by atoms with Crippen LogP contribution in [0.25, 0.3) is 0 Å². The number of thiophene rings is 1. The van der Waals surface area contributed by atoms with E-state index in [2.05, 4.69) is 37.8 Å². The molecule has 3 nitrogen and oxygen atoms in total. The third kappa shape index (κ3) is 3.18. The first-order valence-electron chi connectivity index (χ1n) is 6.76. The van der Waals surface area contributed by atoms with Crippen molar-refractivity contribution < 1.29 is 9.90 Å². The molecule has 0 aromatic carbocycles. The van der Waals surface area contributed by atoms with Crippen molar-refractivity contribution in [3.8, 4) is 0 Å². The van der Waals surface area contributed by atoms with Crippen molar-refractivity contribution in [1.29, 1.82) is 0 Å². The van der Waals surface area contributed by atoms with Crippen molar-refractivity contribution in [2.75, 3.05) is 13.1 Å². The molecule has 1 aliphatic rings. The summed E-state index contributed by atoms with van der Waals surface area (Å²) in [7, 11) is 0. The third-order valence-electron chi connectivity index (χ3n) is 3.85. The van der Waals surface area contributed by atoms with Crippen molar-refractivity contribution in [1.82, 2.24) is 4.90 Å². The molecule has 4 heteroatoms. The quantitative estimate of drug-likeness (QED) is 0.923. The highest BCUT2D eigenvalue weighted by Crippen LogP contribution is 2.34. The molecular formula is C15H23NO2S. The van der Waals surface area contributed by atoms with Gasteiger partial charge in [0.05, 0.1) is 5.41 Å². The average Bonchev–Trinajstić information content (AvgIpc) is 2.86. The number of nitrogens with zero attached hydrogens (tertiary/aromatic N) is 1. The summed E-state index contributed by atoms with van der Waals surface area (Å²) < 4.78 is 0. The fourth-order valence-electron chi connectivity index (χ4n) is 2.45. The van der Waals surface area contributed by atoms with E-state index in [4.69, 9.17) is 0 Å². The lowest BCUT2D eigenvalue weighted by Crippen LogP contribution is -2.31. The van der Waals surface area contributed by atoms with E-state index < -0.39 is 11.4 Å². The summed E-state index contributed by atoms with van der Waals surface area (Å²) in [5.41, 5.74) is -0.367. The van der Waals surface area contributed by atoms with Crippen molar-refractivity contribution in [2.24, 2.45) is 5.41 Å². The van der Waals surface area contributed by atoms with E-state index in [9.17, 15) is 9.90 Å². The lowest BCUT2D eigenvalue weighted by molar-refractivity contribution is -0.147. The van der Waals surface area contributed by atoms with Gasteiger partial charge in [-0.3, -0.25) is 9.69 Å². The van der Waals surface area contributed by atoms with E-state index >= 15 is 0 Å². The number of carbonyl (C=O) groups is 1. The van der Waals surface area contributed by atoms with Gasteiger partial charge in [-0.25, -0.2) is 0 Å². The molecule has 106 valence electrons. The predicted molar refractivity (Wildman–Crippen MR) is 78.7 cm³/mol. The third-order valence-corrected chi connectivity index (χ3v) is 5.34. The average molecular weight is 281 g/mol. The first kappa shape index (κ1) is 14.5. The zero-order chi connectivity index (χ0) is 14.3. The summed E-state index contributed by atoms with van der Waals surface area (Å²) >= 11 is 1.85.